The Bertz CT molecular complexity index is 83.6. The molecule has 0 radical (unpaired) electrons. The van der Waals surface area contributed by atoms with E-state index in [0.29, 0.717) is 6.04 Å². The Labute approximate surface area is 84.7 Å². The molecule has 1 nitrogen and oxygen atoms in total. The van der Waals surface area contributed by atoms with Gasteiger partial charge in [0.05, 0.1) is 0 Å². The van der Waals surface area contributed by atoms with Crippen LogP contribution in [0.4, 0.5) is 0 Å². The summed E-state index contributed by atoms with van der Waals surface area (Å²) in [6.07, 6.45) is 2.72. The van der Waals surface area contributed by atoms with Crippen molar-refractivity contribution in [2.75, 3.05) is 17.5 Å². The maximum absolute atomic E-state index is 2.52. The number of unbranched alkanes of at least 4 members (excludes halogenated alkanes) is 1. The van der Waals surface area contributed by atoms with Crippen LogP contribution in [0, 0.1) is 0 Å². The van der Waals surface area contributed by atoms with Gasteiger partial charge < -0.3 is 4.90 Å². The zero-order valence-corrected chi connectivity index (χ0v) is 10.1. The molecule has 11 heavy (non-hydrogen) atoms. The first-order valence-corrected chi connectivity index (χ1v) is 6.05. The van der Waals surface area contributed by atoms with Crippen molar-refractivity contribution in [2.24, 2.45) is 0 Å². The Morgan fingerprint density at radius 3 is 2.27 bits per heavy atom. The normalized spacial score (nSPS) is 11.5. The highest BCUT2D eigenvalue weighted by molar-refractivity contribution is 14.1. The van der Waals surface area contributed by atoms with E-state index in [9.17, 15) is 0 Å². The fourth-order valence-electron chi connectivity index (χ4n) is 1.19. The van der Waals surface area contributed by atoms with E-state index in [1.165, 1.54) is 30.4 Å². The van der Waals surface area contributed by atoms with Crippen molar-refractivity contribution in [1.29, 1.82) is 0 Å². The molecule has 0 spiro atoms. The molecule has 0 aromatic carbocycles. The lowest BCUT2D eigenvalue weighted by Gasteiger charge is -2.24. The summed E-state index contributed by atoms with van der Waals surface area (Å²) >= 11 is 2.45. The van der Waals surface area contributed by atoms with Crippen LogP contribution in [0.15, 0.2) is 0 Å². The van der Waals surface area contributed by atoms with Gasteiger partial charge in [0.15, 0.2) is 0 Å². The molecule has 0 saturated carbocycles. The maximum Gasteiger partial charge on any atom is 0.00384 e. The molecule has 68 valence electrons. The number of hydrogen-bond donors (Lipinski definition) is 0. The van der Waals surface area contributed by atoms with Crippen LogP contribution >= 0.6 is 22.6 Å². The average molecular weight is 269 g/mol. The molecule has 0 aromatic rings. The van der Waals surface area contributed by atoms with Crippen molar-refractivity contribution in [3.63, 3.8) is 0 Å². The molecule has 0 saturated heterocycles. The van der Waals surface area contributed by atoms with E-state index in [2.05, 4.69) is 48.3 Å². The molecule has 0 unspecified atom stereocenters. The molecule has 2 heteroatoms. The van der Waals surface area contributed by atoms with Crippen molar-refractivity contribution < 1.29 is 0 Å². The Hall–Kier alpha value is 0.690. The quantitative estimate of drug-likeness (QED) is 0.407. The SMILES string of the molecule is CCN(CCCCI)C(C)C. The second kappa shape index (κ2) is 7.35. The summed E-state index contributed by atoms with van der Waals surface area (Å²) in [5.41, 5.74) is 0. The number of nitrogens with zero attached hydrogens (tertiary/aromatic N) is 1. The van der Waals surface area contributed by atoms with Crippen molar-refractivity contribution in [2.45, 2.75) is 39.7 Å². The first-order valence-electron chi connectivity index (χ1n) is 4.52. The van der Waals surface area contributed by atoms with Gasteiger partial charge in [-0.1, -0.05) is 29.5 Å². The van der Waals surface area contributed by atoms with Crippen LogP contribution in [-0.2, 0) is 0 Å². The van der Waals surface area contributed by atoms with Gasteiger partial charge in [0.25, 0.3) is 0 Å². The van der Waals surface area contributed by atoms with E-state index in [0.717, 1.165) is 0 Å². The minimum atomic E-state index is 0.717. The standard InChI is InChI=1S/C9H20IN/c1-4-11(9(2)3)8-6-5-7-10/h9H,4-8H2,1-3H3. The molecule has 0 N–H and O–H groups in total. The van der Waals surface area contributed by atoms with Gasteiger partial charge >= 0.3 is 0 Å². The minimum absolute atomic E-state index is 0.717. The van der Waals surface area contributed by atoms with E-state index in [4.69, 9.17) is 0 Å². The predicted octanol–water partition coefficient (Wildman–Crippen LogP) is 2.93. The lowest BCUT2D eigenvalue weighted by atomic mass is 10.2. The van der Waals surface area contributed by atoms with Crippen LogP contribution in [0.1, 0.15) is 33.6 Å². The van der Waals surface area contributed by atoms with Crippen molar-refractivity contribution in [1.82, 2.24) is 4.90 Å². The van der Waals surface area contributed by atoms with E-state index in [1.54, 1.807) is 0 Å². The Morgan fingerprint density at radius 2 is 1.91 bits per heavy atom. The summed E-state index contributed by atoms with van der Waals surface area (Å²) in [4.78, 5) is 2.52. The molecule has 0 fully saturated rings. The minimum Gasteiger partial charge on any atom is -0.301 e. The summed E-state index contributed by atoms with van der Waals surface area (Å²) in [6, 6.07) is 0.717. The topological polar surface area (TPSA) is 3.24 Å². The monoisotopic (exact) mass is 269 g/mol. The molecule has 0 heterocycles. The van der Waals surface area contributed by atoms with Crippen LogP contribution in [0.25, 0.3) is 0 Å². The third-order valence-corrected chi connectivity index (χ3v) is 2.73. The zero-order chi connectivity index (χ0) is 8.69. The molecule has 0 aromatic heterocycles. The van der Waals surface area contributed by atoms with Gasteiger partial charge in [-0.25, -0.2) is 0 Å². The molecule has 0 rings (SSSR count). The summed E-state index contributed by atoms with van der Waals surface area (Å²) in [6.45, 7) is 9.25. The molecule has 0 atom stereocenters. The number of rotatable bonds is 6. The third-order valence-electron chi connectivity index (χ3n) is 1.97. The first-order chi connectivity index (χ1) is 5.22. The van der Waals surface area contributed by atoms with Gasteiger partial charge in [0.1, 0.15) is 0 Å². The highest BCUT2D eigenvalue weighted by Gasteiger charge is 2.04. The van der Waals surface area contributed by atoms with Gasteiger partial charge in [0, 0.05) is 6.04 Å². The van der Waals surface area contributed by atoms with Crippen LogP contribution in [-0.4, -0.2) is 28.5 Å². The van der Waals surface area contributed by atoms with E-state index in [-0.39, 0.29) is 0 Å². The molecule has 0 aliphatic carbocycles. The fourth-order valence-corrected chi connectivity index (χ4v) is 1.73. The molecule has 0 bridgehead atoms. The summed E-state index contributed by atoms with van der Waals surface area (Å²) < 4.78 is 1.30. The van der Waals surface area contributed by atoms with Crippen LogP contribution in [0.2, 0.25) is 0 Å². The third kappa shape index (κ3) is 5.91. The maximum atomic E-state index is 2.52. The van der Waals surface area contributed by atoms with Crippen molar-refractivity contribution in [3.05, 3.63) is 0 Å². The van der Waals surface area contributed by atoms with Crippen LogP contribution < -0.4 is 0 Å². The second-order valence-corrected chi connectivity index (χ2v) is 4.20. The lowest BCUT2D eigenvalue weighted by molar-refractivity contribution is 0.230. The lowest BCUT2D eigenvalue weighted by Crippen LogP contribution is -2.31. The van der Waals surface area contributed by atoms with Gasteiger partial charge in [-0.3, -0.25) is 0 Å². The Balaban J connectivity index is 3.36. The summed E-state index contributed by atoms with van der Waals surface area (Å²) in [7, 11) is 0. The number of alkyl halides is 1. The molecular weight excluding hydrogens is 249 g/mol. The van der Waals surface area contributed by atoms with Gasteiger partial charge in [-0.2, -0.15) is 0 Å². The van der Waals surface area contributed by atoms with E-state index < -0.39 is 0 Å². The Kier molecular flexibility index (Phi) is 7.81. The largest absolute Gasteiger partial charge is 0.301 e. The van der Waals surface area contributed by atoms with Gasteiger partial charge in [-0.15, -0.1) is 0 Å². The number of hydrogen-bond acceptors (Lipinski definition) is 1. The van der Waals surface area contributed by atoms with Crippen molar-refractivity contribution >= 4 is 22.6 Å². The zero-order valence-electron chi connectivity index (χ0n) is 7.94. The molecule has 0 aliphatic rings. The highest BCUT2D eigenvalue weighted by atomic mass is 127. The fraction of sp³-hybridized carbons (Fsp3) is 1.00. The Morgan fingerprint density at radius 1 is 1.27 bits per heavy atom. The summed E-state index contributed by atoms with van der Waals surface area (Å²) in [5, 5.41) is 0. The van der Waals surface area contributed by atoms with Gasteiger partial charge in [-0.05, 0) is 44.2 Å². The van der Waals surface area contributed by atoms with E-state index >= 15 is 0 Å². The first kappa shape index (κ1) is 11.7. The average Bonchev–Trinajstić information content (AvgIpc) is 1.97. The molecule has 0 amide bonds. The number of halogens is 1. The van der Waals surface area contributed by atoms with E-state index in [1.807, 2.05) is 0 Å². The van der Waals surface area contributed by atoms with Crippen molar-refractivity contribution in [3.8, 4) is 0 Å². The second-order valence-electron chi connectivity index (χ2n) is 3.12. The summed E-state index contributed by atoms with van der Waals surface area (Å²) in [5.74, 6) is 0. The van der Waals surface area contributed by atoms with Crippen LogP contribution in [0.3, 0.4) is 0 Å². The molecule has 0 aliphatic heterocycles. The van der Waals surface area contributed by atoms with Gasteiger partial charge in [0.2, 0.25) is 0 Å². The predicted molar refractivity (Wildman–Crippen MR) is 60.5 cm³/mol. The van der Waals surface area contributed by atoms with Crippen LogP contribution in [0.5, 0.6) is 0 Å². The molecular formula is C9H20IN. The highest BCUT2D eigenvalue weighted by Crippen LogP contribution is 2.02. The smallest absolute Gasteiger partial charge is 0.00384 e.